The van der Waals surface area contributed by atoms with E-state index in [2.05, 4.69) is 57.8 Å². The Hall–Kier alpha value is -1.69. The van der Waals surface area contributed by atoms with E-state index in [1.165, 1.54) is 18.1 Å². The van der Waals surface area contributed by atoms with Crippen LogP contribution in [-0.2, 0) is 16.8 Å². The Morgan fingerprint density at radius 1 is 1.17 bits per heavy atom. The highest BCUT2D eigenvalue weighted by Crippen LogP contribution is 2.46. The van der Waals surface area contributed by atoms with Crippen molar-refractivity contribution in [2.75, 3.05) is 6.54 Å². The van der Waals surface area contributed by atoms with Crippen molar-refractivity contribution >= 4 is 21.8 Å². The molecule has 1 saturated carbocycles. The summed E-state index contributed by atoms with van der Waals surface area (Å²) in [4.78, 5) is 11.7. The molecule has 0 bridgehead atoms. The molecule has 2 aromatic rings. The molecule has 0 radical (unpaired) electrons. The second kappa shape index (κ2) is 9.88. The molecule has 0 heterocycles. The van der Waals surface area contributed by atoms with E-state index in [-0.39, 0.29) is 17.5 Å². The topological polar surface area (TPSA) is 61.4 Å². The van der Waals surface area contributed by atoms with Crippen LogP contribution in [0.5, 0.6) is 0 Å². The molecular weight excluding hydrogens is 428 g/mol. The molecule has 2 aromatic carbocycles. The Labute approximate surface area is 182 Å². The van der Waals surface area contributed by atoms with E-state index in [9.17, 15) is 9.90 Å². The number of hydrogen-bond donors (Lipinski definition) is 3. The van der Waals surface area contributed by atoms with Crippen LogP contribution in [0.15, 0.2) is 59.1 Å². The molecule has 0 aliphatic heterocycles. The summed E-state index contributed by atoms with van der Waals surface area (Å²) in [5.74, 6) is 0.248. The first kappa shape index (κ1) is 22.0. The average Bonchev–Trinajstić information content (AvgIpc) is 3.47. The van der Waals surface area contributed by atoms with Gasteiger partial charge >= 0.3 is 0 Å². The maximum Gasteiger partial charge on any atom is 0.217 e. The molecule has 3 atom stereocenters. The molecule has 1 fully saturated rings. The fourth-order valence-electron chi connectivity index (χ4n) is 4.03. The van der Waals surface area contributed by atoms with Gasteiger partial charge in [-0.2, -0.15) is 0 Å². The van der Waals surface area contributed by atoms with E-state index in [1.54, 1.807) is 0 Å². The minimum Gasteiger partial charge on any atom is -0.390 e. The molecule has 5 heteroatoms. The monoisotopic (exact) mass is 458 g/mol. The number of nitrogens with one attached hydrogen (secondary N) is 2. The summed E-state index contributed by atoms with van der Waals surface area (Å²) in [6.45, 7) is 4.14. The van der Waals surface area contributed by atoms with Crippen LogP contribution in [-0.4, -0.2) is 29.7 Å². The van der Waals surface area contributed by atoms with Crippen molar-refractivity contribution < 1.29 is 9.90 Å². The van der Waals surface area contributed by atoms with Crippen molar-refractivity contribution in [3.8, 4) is 0 Å². The van der Waals surface area contributed by atoms with E-state index in [0.717, 1.165) is 30.2 Å². The highest BCUT2D eigenvalue weighted by Gasteiger charge is 2.44. The fourth-order valence-corrected chi connectivity index (χ4v) is 4.43. The van der Waals surface area contributed by atoms with Crippen molar-refractivity contribution in [2.24, 2.45) is 5.92 Å². The summed E-state index contributed by atoms with van der Waals surface area (Å²) in [5, 5.41) is 17.4. The third-order valence-electron chi connectivity index (χ3n) is 5.71. The Balaban J connectivity index is 1.58. The van der Waals surface area contributed by atoms with Crippen LogP contribution in [0.1, 0.15) is 44.2 Å². The summed E-state index contributed by atoms with van der Waals surface area (Å²) in [6, 6.07) is 18.4. The van der Waals surface area contributed by atoms with Gasteiger partial charge in [-0.05, 0) is 54.9 Å². The zero-order valence-electron chi connectivity index (χ0n) is 17.2. The van der Waals surface area contributed by atoms with E-state index in [1.807, 2.05) is 30.3 Å². The molecule has 0 saturated heterocycles. The van der Waals surface area contributed by atoms with Gasteiger partial charge in [0.25, 0.3) is 0 Å². The van der Waals surface area contributed by atoms with Gasteiger partial charge < -0.3 is 15.7 Å². The zero-order chi connectivity index (χ0) is 20.9. The van der Waals surface area contributed by atoms with Crippen molar-refractivity contribution in [3.63, 3.8) is 0 Å². The third-order valence-corrected chi connectivity index (χ3v) is 6.21. The lowest BCUT2D eigenvalue weighted by Gasteiger charge is -2.28. The molecule has 3 N–H and O–H groups in total. The van der Waals surface area contributed by atoms with Gasteiger partial charge in [0.15, 0.2) is 0 Å². The van der Waals surface area contributed by atoms with Gasteiger partial charge in [0.05, 0.1) is 12.1 Å². The lowest BCUT2D eigenvalue weighted by molar-refractivity contribution is -0.120. The zero-order valence-corrected chi connectivity index (χ0v) is 18.8. The van der Waals surface area contributed by atoms with Gasteiger partial charge in [0.2, 0.25) is 5.91 Å². The quantitative estimate of drug-likeness (QED) is 0.500. The van der Waals surface area contributed by atoms with Gasteiger partial charge in [0.1, 0.15) is 0 Å². The number of hydrogen-bond acceptors (Lipinski definition) is 3. The molecule has 0 spiro atoms. The van der Waals surface area contributed by atoms with E-state index in [0.29, 0.717) is 12.5 Å². The smallest absolute Gasteiger partial charge is 0.217 e. The lowest BCUT2D eigenvalue weighted by atomic mass is 9.91. The predicted octanol–water partition coefficient (Wildman–Crippen LogP) is 4.16. The number of aliphatic hydroxyl groups is 1. The van der Waals surface area contributed by atoms with Gasteiger partial charge in [0, 0.05) is 23.5 Å². The average molecular weight is 459 g/mol. The van der Waals surface area contributed by atoms with Crippen LogP contribution in [0.3, 0.4) is 0 Å². The standard InChI is InChI=1S/C24H31BrN2O2/c1-17(13-19-7-4-3-5-8-19)14-22(27-18(2)28)23(29)16-26-24(11-12-24)20-9-6-10-21(25)15-20/h3-10,15,17,22-23,26,29H,11-14,16H2,1-2H3,(H,27,28)/t17?,22-,23+/m0/s1. The maximum absolute atomic E-state index is 11.7. The Kier molecular flexibility index (Phi) is 7.49. The minimum absolute atomic E-state index is 0.0544. The van der Waals surface area contributed by atoms with Crippen LogP contribution in [0.2, 0.25) is 0 Å². The van der Waals surface area contributed by atoms with E-state index < -0.39 is 6.10 Å². The lowest BCUT2D eigenvalue weighted by Crippen LogP contribution is -2.49. The van der Waals surface area contributed by atoms with E-state index in [4.69, 9.17) is 0 Å². The van der Waals surface area contributed by atoms with Crippen LogP contribution in [0.4, 0.5) is 0 Å². The third kappa shape index (κ3) is 6.39. The Morgan fingerprint density at radius 2 is 1.90 bits per heavy atom. The first-order chi connectivity index (χ1) is 13.9. The second-order valence-electron chi connectivity index (χ2n) is 8.38. The highest BCUT2D eigenvalue weighted by molar-refractivity contribution is 9.10. The number of benzene rings is 2. The summed E-state index contributed by atoms with van der Waals surface area (Å²) in [6.07, 6.45) is 3.15. The molecule has 3 rings (SSSR count). The summed E-state index contributed by atoms with van der Waals surface area (Å²) in [5.41, 5.74) is 2.47. The van der Waals surface area contributed by atoms with E-state index >= 15 is 0 Å². The van der Waals surface area contributed by atoms with Crippen LogP contribution in [0, 0.1) is 5.92 Å². The first-order valence-corrected chi connectivity index (χ1v) is 11.2. The van der Waals surface area contributed by atoms with Crippen molar-refractivity contribution in [3.05, 3.63) is 70.2 Å². The van der Waals surface area contributed by atoms with Gasteiger partial charge in [-0.15, -0.1) is 0 Å². The summed E-state index contributed by atoms with van der Waals surface area (Å²) < 4.78 is 1.06. The molecule has 4 nitrogen and oxygen atoms in total. The SMILES string of the molecule is CC(=O)N[C@@H](CC(C)Cc1ccccc1)[C@H](O)CNC1(c2cccc(Br)c2)CC1. The molecule has 1 aliphatic rings. The minimum atomic E-state index is -0.637. The number of amides is 1. The molecule has 1 aliphatic carbocycles. The Morgan fingerprint density at radius 3 is 2.52 bits per heavy atom. The van der Waals surface area contributed by atoms with Crippen LogP contribution >= 0.6 is 15.9 Å². The molecule has 29 heavy (non-hydrogen) atoms. The molecule has 0 aromatic heterocycles. The molecule has 1 amide bonds. The number of halogens is 1. The molecular formula is C24H31BrN2O2. The highest BCUT2D eigenvalue weighted by atomic mass is 79.9. The second-order valence-corrected chi connectivity index (χ2v) is 9.29. The van der Waals surface area contributed by atoms with Crippen molar-refractivity contribution in [1.29, 1.82) is 0 Å². The first-order valence-electron chi connectivity index (χ1n) is 10.4. The number of carbonyl (C=O) groups excluding carboxylic acids is 1. The maximum atomic E-state index is 11.7. The summed E-state index contributed by atoms with van der Waals surface area (Å²) in [7, 11) is 0. The fraction of sp³-hybridized carbons (Fsp3) is 0.458. The number of rotatable bonds is 10. The number of aliphatic hydroxyl groups excluding tert-OH is 1. The summed E-state index contributed by atoms with van der Waals surface area (Å²) >= 11 is 3.54. The largest absolute Gasteiger partial charge is 0.390 e. The normalized spacial score (nSPS) is 17.9. The van der Waals surface area contributed by atoms with Gasteiger partial charge in [-0.25, -0.2) is 0 Å². The number of carbonyl (C=O) groups is 1. The van der Waals surface area contributed by atoms with Crippen LogP contribution < -0.4 is 10.6 Å². The Bertz CT molecular complexity index is 808. The van der Waals surface area contributed by atoms with Crippen molar-refractivity contribution in [1.82, 2.24) is 10.6 Å². The molecule has 156 valence electrons. The molecule has 1 unspecified atom stereocenters. The predicted molar refractivity (Wildman–Crippen MR) is 121 cm³/mol. The van der Waals surface area contributed by atoms with Crippen molar-refractivity contribution in [2.45, 2.75) is 57.2 Å². The van der Waals surface area contributed by atoms with Gasteiger partial charge in [-0.1, -0.05) is 65.3 Å². The van der Waals surface area contributed by atoms with Crippen LogP contribution in [0.25, 0.3) is 0 Å². The van der Waals surface area contributed by atoms with Gasteiger partial charge in [-0.3, -0.25) is 4.79 Å².